The van der Waals surface area contributed by atoms with Crippen LogP contribution in [0, 0.1) is 5.92 Å². The molecule has 1 aromatic rings. The Kier molecular flexibility index (Phi) is 3.51. The average Bonchev–Trinajstić information content (AvgIpc) is 2.16. The number of hydrogen-bond acceptors (Lipinski definition) is 3. The van der Waals surface area contributed by atoms with Crippen LogP contribution in [-0.4, -0.2) is 18.2 Å². The van der Waals surface area contributed by atoms with Crippen molar-refractivity contribution in [2.24, 2.45) is 5.92 Å². The molecule has 0 amide bonds. The van der Waals surface area contributed by atoms with Crippen LogP contribution in [0.4, 0.5) is 0 Å². The third-order valence-electron chi connectivity index (χ3n) is 2.06. The summed E-state index contributed by atoms with van der Waals surface area (Å²) in [6.45, 7) is 1.80. The lowest BCUT2D eigenvalue weighted by atomic mass is 10.0. The number of carbonyl (C=O) groups excluding carboxylic acids is 1. The molecule has 1 rings (SSSR count). The predicted octanol–water partition coefficient (Wildman–Crippen LogP) is 1.74. The Morgan fingerprint density at radius 3 is 2.86 bits per heavy atom. The van der Waals surface area contributed by atoms with E-state index in [9.17, 15) is 9.90 Å². The predicted molar refractivity (Wildman–Crippen MR) is 53.0 cm³/mol. The molecule has 14 heavy (non-hydrogen) atoms. The number of phenols is 1. The van der Waals surface area contributed by atoms with Gasteiger partial charge in [0.2, 0.25) is 0 Å². The summed E-state index contributed by atoms with van der Waals surface area (Å²) in [6.07, 6.45) is 0.584. The first kappa shape index (κ1) is 10.6. The fourth-order valence-corrected chi connectivity index (χ4v) is 1.32. The van der Waals surface area contributed by atoms with Crippen LogP contribution in [0.15, 0.2) is 24.3 Å². The van der Waals surface area contributed by atoms with Crippen LogP contribution < -0.4 is 0 Å². The number of carbonyl (C=O) groups is 1. The van der Waals surface area contributed by atoms with E-state index >= 15 is 0 Å². The number of phenolic OH excluding ortho intramolecular Hbond substituents is 1. The van der Waals surface area contributed by atoms with Crippen LogP contribution in [0.25, 0.3) is 0 Å². The molecule has 0 saturated carbocycles. The lowest BCUT2D eigenvalue weighted by Crippen LogP contribution is -2.14. The topological polar surface area (TPSA) is 46.5 Å². The number of aromatic hydroxyl groups is 1. The van der Waals surface area contributed by atoms with Crippen LogP contribution >= 0.6 is 0 Å². The zero-order valence-electron chi connectivity index (χ0n) is 8.36. The molecule has 0 radical (unpaired) electrons. The first-order valence-corrected chi connectivity index (χ1v) is 4.49. The van der Waals surface area contributed by atoms with Gasteiger partial charge in [-0.3, -0.25) is 4.79 Å². The molecular formula is C11H14O3. The average molecular weight is 194 g/mol. The molecule has 0 aliphatic carbocycles. The Labute approximate surface area is 83.3 Å². The molecule has 3 nitrogen and oxygen atoms in total. The number of methoxy groups -OCH3 is 1. The molecule has 0 spiro atoms. The highest BCUT2D eigenvalue weighted by atomic mass is 16.5. The minimum absolute atomic E-state index is 0.179. The molecule has 1 aromatic carbocycles. The monoisotopic (exact) mass is 194 g/mol. The zero-order chi connectivity index (χ0) is 10.6. The summed E-state index contributed by atoms with van der Waals surface area (Å²) in [4.78, 5) is 11.1. The molecule has 1 N–H and O–H groups in total. The van der Waals surface area contributed by atoms with Crippen molar-refractivity contribution in [1.82, 2.24) is 0 Å². The third kappa shape index (κ3) is 2.76. The van der Waals surface area contributed by atoms with Crippen molar-refractivity contribution in [3.05, 3.63) is 29.8 Å². The number of hydrogen-bond donors (Lipinski definition) is 1. The maximum atomic E-state index is 11.1. The van der Waals surface area contributed by atoms with Crippen molar-refractivity contribution < 1.29 is 14.6 Å². The number of rotatable bonds is 3. The lowest BCUT2D eigenvalue weighted by Gasteiger charge is -2.08. The molecule has 0 aliphatic heterocycles. The minimum atomic E-state index is -0.228. The second kappa shape index (κ2) is 4.65. The van der Waals surface area contributed by atoms with Crippen LogP contribution in [0.1, 0.15) is 12.5 Å². The molecule has 3 heteroatoms. The highest BCUT2D eigenvalue weighted by Gasteiger charge is 2.13. The van der Waals surface area contributed by atoms with Crippen molar-refractivity contribution in [2.45, 2.75) is 13.3 Å². The Bertz CT molecular complexity index is 320. The van der Waals surface area contributed by atoms with Crippen molar-refractivity contribution in [3.63, 3.8) is 0 Å². The van der Waals surface area contributed by atoms with E-state index in [1.807, 2.05) is 6.07 Å². The van der Waals surface area contributed by atoms with Gasteiger partial charge in [-0.25, -0.2) is 0 Å². The summed E-state index contributed by atoms with van der Waals surface area (Å²) >= 11 is 0. The standard InChI is InChI=1S/C11H14O3/c1-8(11(13)14-2)6-9-4-3-5-10(12)7-9/h3-5,7-8,12H,6H2,1-2H3/t8-/m0/s1. The molecular weight excluding hydrogens is 180 g/mol. The molecule has 1 atom stereocenters. The van der Waals surface area contributed by atoms with E-state index in [0.717, 1.165) is 5.56 Å². The maximum Gasteiger partial charge on any atom is 0.308 e. The van der Waals surface area contributed by atoms with E-state index in [0.29, 0.717) is 6.42 Å². The summed E-state index contributed by atoms with van der Waals surface area (Å²) in [5.41, 5.74) is 0.933. The van der Waals surface area contributed by atoms with Gasteiger partial charge in [-0.1, -0.05) is 19.1 Å². The van der Waals surface area contributed by atoms with Crippen molar-refractivity contribution >= 4 is 5.97 Å². The van der Waals surface area contributed by atoms with Gasteiger partial charge >= 0.3 is 5.97 Å². The van der Waals surface area contributed by atoms with Gasteiger partial charge in [-0.2, -0.15) is 0 Å². The highest BCUT2D eigenvalue weighted by Crippen LogP contribution is 2.15. The van der Waals surface area contributed by atoms with Crippen LogP contribution in [0.3, 0.4) is 0 Å². The van der Waals surface area contributed by atoms with Gasteiger partial charge in [0, 0.05) is 0 Å². The first-order valence-electron chi connectivity index (χ1n) is 4.49. The highest BCUT2D eigenvalue weighted by molar-refractivity contribution is 5.72. The van der Waals surface area contributed by atoms with Gasteiger partial charge < -0.3 is 9.84 Å². The van der Waals surface area contributed by atoms with E-state index in [-0.39, 0.29) is 17.6 Å². The fourth-order valence-electron chi connectivity index (χ4n) is 1.32. The molecule has 0 heterocycles. The smallest absolute Gasteiger partial charge is 0.308 e. The quantitative estimate of drug-likeness (QED) is 0.745. The molecule has 0 bridgehead atoms. The summed E-state index contributed by atoms with van der Waals surface area (Å²) in [7, 11) is 1.38. The second-order valence-electron chi connectivity index (χ2n) is 3.30. The number of ether oxygens (including phenoxy) is 1. The summed E-state index contributed by atoms with van der Waals surface area (Å²) < 4.78 is 4.61. The molecule has 0 saturated heterocycles. The zero-order valence-corrected chi connectivity index (χ0v) is 8.36. The van der Waals surface area contributed by atoms with Crippen molar-refractivity contribution in [2.75, 3.05) is 7.11 Å². The summed E-state index contributed by atoms with van der Waals surface area (Å²) in [6, 6.07) is 6.89. The maximum absolute atomic E-state index is 11.1. The summed E-state index contributed by atoms with van der Waals surface area (Å²) in [5.74, 6) is -0.185. The molecule has 76 valence electrons. The van der Waals surface area contributed by atoms with E-state index in [1.165, 1.54) is 7.11 Å². The van der Waals surface area contributed by atoms with Gasteiger partial charge in [0.05, 0.1) is 13.0 Å². The van der Waals surface area contributed by atoms with Crippen molar-refractivity contribution in [3.8, 4) is 5.75 Å². The van der Waals surface area contributed by atoms with Gasteiger partial charge in [-0.15, -0.1) is 0 Å². The molecule has 0 fully saturated rings. The lowest BCUT2D eigenvalue weighted by molar-refractivity contribution is -0.144. The number of esters is 1. The summed E-state index contributed by atoms with van der Waals surface area (Å²) in [5, 5.41) is 9.21. The third-order valence-corrected chi connectivity index (χ3v) is 2.06. The van der Waals surface area contributed by atoms with Crippen LogP contribution in [0.5, 0.6) is 5.75 Å². The number of benzene rings is 1. The Hall–Kier alpha value is -1.51. The fraction of sp³-hybridized carbons (Fsp3) is 0.364. The Morgan fingerprint density at radius 2 is 2.29 bits per heavy atom. The normalized spacial score (nSPS) is 12.1. The van der Waals surface area contributed by atoms with E-state index in [2.05, 4.69) is 4.74 Å². The van der Waals surface area contributed by atoms with Crippen LogP contribution in [-0.2, 0) is 16.0 Å². The van der Waals surface area contributed by atoms with Crippen molar-refractivity contribution in [1.29, 1.82) is 0 Å². The van der Waals surface area contributed by atoms with Gasteiger partial charge in [0.1, 0.15) is 5.75 Å². The van der Waals surface area contributed by atoms with E-state index in [1.54, 1.807) is 25.1 Å². The van der Waals surface area contributed by atoms with E-state index in [4.69, 9.17) is 0 Å². The minimum Gasteiger partial charge on any atom is -0.508 e. The second-order valence-corrected chi connectivity index (χ2v) is 3.30. The van der Waals surface area contributed by atoms with Gasteiger partial charge in [0.15, 0.2) is 0 Å². The van der Waals surface area contributed by atoms with Crippen LogP contribution in [0.2, 0.25) is 0 Å². The first-order chi connectivity index (χ1) is 6.63. The van der Waals surface area contributed by atoms with E-state index < -0.39 is 0 Å². The SMILES string of the molecule is COC(=O)[C@@H](C)Cc1cccc(O)c1. The van der Waals surface area contributed by atoms with Gasteiger partial charge in [-0.05, 0) is 24.1 Å². The Morgan fingerprint density at radius 1 is 1.57 bits per heavy atom. The largest absolute Gasteiger partial charge is 0.508 e. The molecule has 0 aromatic heterocycles. The molecule has 0 aliphatic rings. The van der Waals surface area contributed by atoms with Gasteiger partial charge in [0.25, 0.3) is 0 Å². The molecule has 0 unspecified atom stereocenters. The Balaban J connectivity index is 2.64.